The van der Waals surface area contributed by atoms with Gasteiger partial charge in [0, 0.05) is 12.6 Å². The second-order valence-corrected chi connectivity index (χ2v) is 5.34. The number of hydrogen-bond donors (Lipinski definition) is 1. The fourth-order valence-corrected chi connectivity index (χ4v) is 2.81. The molecule has 0 saturated carbocycles. The van der Waals surface area contributed by atoms with Crippen LogP contribution in [-0.4, -0.2) is 28.9 Å². The minimum atomic E-state index is -0.115. The average molecular weight is 272 g/mol. The Labute approximate surface area is 115 Å². The smallest absolute Gasteiger partial charge is 0.259 e. The lowest BCUT2D eigenvalue weighted by Gasteiger charge is -2.12. The number of thiophene rings is 1. The van der Waals surface area contributed by atoms with E-state index in [0.29, 0.717) is 0 Å². The Morgan fingerprint density at radius 1 is 1.26 bits per heavy atom. The van der Waals surface area contributed by atoms with Crippen molar-refractivity contribution in [2.45, 2.75) is 6.17 Å². The molecule has 1 saturated heterocycles. The van der Waals surface area contributed by atoms with Crippen LogP contribution in [0.2, 0.25) is 0 Å². The summed E-state index contributed by atoms with van der Waals surface area (Å²) in [5, 5.41) is 2.02. The van der Waals surface area contributed by atoms with Crippen LogP contribution in [0.5, 0.6) is 0 Å². The zero-order valence-corrected chi connectivity index (χ0v) is 11.3. The van der Waals surface area contributed by atoms with E-state index in [1.54, 1.807) is 23.3 Å². The molecule has 5 heteroatoms. The van der Waals surface area contributed by atoms with Crippen molar-refractivity contribution in [3.05, 3.63) is 58.3 Å². The second kappa shape index (κ2) is 4.85. The molecular weight excluding hydrogens is 258 g/mol. The molecule has 0 radical (unpaired) electrons. The summed E-state index contributed by atoms with van der Waals surface area (Å²) in [6.45, 7) is 0. The van der Waals surface area contributed by atoms with E-state index in [4.69, 9.17) is 0 Å². The van der Waals surface area contributed by atoms with E-state index < -0.39 is 0 Å². The minimum absolute atomic E-state index is 0.0957. The van der Waals surface area contributed by atoms with Gasteiger partial charge in [0.25, 0.3) is 6.17 Å². The van der Waals surface area contributed by atoms with Crippen LogP contribution in [0.1, 0.15) is 16.6 Å². The third-order valence-electron chi connectivity index (χ3n) is 3.08. The number of urea groups is 1. The summed E-state index contributed by atoms with van der Waals surface area (Å²) in [7, 11) is 1.80. The summed E-state index contributed by atoms with van der Waals surface area (Å²) in [6, 6.07) is 13.9. The van der Waals surface area contributed by atoms with Gasteiger partial charge in [-0.2, -0.15) is 0 Å². The lowest BCUT2D eigenvalue weighted by Crippen LogP contribution is -2.26. The number of rotatable bonds is 2. The van der Waals surface area contributed by atoms with Gasteiger partial charge in [0.1, 0.15) is 0 Å². The summed E-state index contributed by atoms with van der Waals surface area (Å²) in [4.78, 5) is 14.7. The van der Waals surface area contributed by atoms with E-state index in [-0.39, 0.29) is 12.2 Å². The topological polar surface area (TPSA) is 35.4 Å². The summed E-state index contributed by atoms with van der Waals surface area (Å²) in [5.41, 5.74) is 3.94. The number of carbonyl (C=O) groups is 1. The van der Waals surface area contributed by atoms with Crippen molar-refractivity contribution in [3.63, 3.8) is 0 Å². The summed E-state index contributed by atoms with van der Waals surface area (Å²) >= 11 is 1.64. The number of carbonyl (C=O) groups excluding carboxylic acids is 1. The number of hydrogen-bond acceptors (Lipinski definition) is 2. The number of nitrogens with one attached hydrogen (secondary N) is 1. The van der Waals surface area contributed by atoms with Gasteiger partial charge in [0.2, 0.25) is 6.21 Å². The third kappa shape index (κ3) is 2.24. The average Bonchev–Trinajstić information content (AvgIpc) is 3.01. The Bertz CT molecular complexity index is 607. The lowest BCUT2D eigenvalue weighted by molar-refractivity contribution is -0.606. The lowest BCUT2D eigenvalue weighted by atomic mass is 10.1. The normalized spacial score (nSPS) is 20.9. The molecule has 1 unspecified atom stereocenters. The van der Waals surface area contributed by atoms with E-state index in [0.717, 1.165) is 10.4 Å². The van der Waals surface area contributed by atoms with Gasteiger partial charge in [-0.15, -0.1) is 16.8 Å². The Balaban J connectivity index is 2.01. The fourth-order valence-electron chi connectivity index (χ4n) is 2.16. The van der Waals surface area contributed by atoms with E-state index >= 15 is 0 Å². The largest absolute Gasteiger partial charge is 0.375 e. The molecular formula is C14H14N3OS+. The number of hydrazine groups is 1. The van der Waals surface area contributed by atoms with Gasteiger partial charge < -0.3 is 0 Å². The van der Waals surface area contributed by atoms with Crippen LogP contribution >= 0.6 is 11.3 Å². The van der Waals surface area contributed by atoms with E-state index in [1.807, 2.05) is 58.7 Å². The molecule has 1 N–H and O–H groups in total. The molecule has 2 amide bonds. The highest BCUT2D eigenvalue weighted by Crippen LogP contribution is 2.24. The molecule has 1 fully saturated rings. The van der Waals surface area contributed by atoms with Gasteiger partial charge in [-0.1, -0.05) is 41.1 Å². The highest BCUT2D eigenvalue weighted by molar-refractivity contribution is 7.11. The zero-order chi connectivity index (χ0) is 13.2. The van der Waals surface area contributed by atoms with E-state index in [9.17, 15) is 4.79 Å². The quantitative estimate of drug-likeness (QED) is 0.837. The molecule has 2 heterocycles. The SMILES string of the molecule is CN1C(=O)N/[N+](=C\c2cccs2)C1c1ccccc1. The molecule has 1 aromatic carbocycles. The Morgan fingerprint density at radius 2 is 2.05 bits per heavy atom. The molecule has 0 bridgehead atoms. The summed E-state index contributed by atoms with van der Waals surface area (Å²) in [5.74, 6) is 0. The first-order valence-corrected chi connectivity index (χ1v) is 6.89. The minimum Gasteiger partial charge on any atom is -0.259 e. The fraction of sp³-hybridized carbons (Fsp3) is 0.143. The van der Waals surface area contributed by atoms with Crippen LogP contribution in [0.15, 0.2) is 47.8 Å². The van der Waals surface area contributed by atoms with E-state index in [2.05, 4.69) is 5.43 Å². The van der Waals surface area contributed by atoms with Crippen LogP contribution in [0.25, 0.3) is 0 Å². The molecule has 3 rings (SSSR count). The molecule has 2 aromatic rings. The monoisotopic (exact) mass is 272 g/mol. The van der Waals surface area contributed by atoms with E-state index in [1.165, 1.54) is 0 Å². The summed E-state index contributed by atoms with van der Waals surface area (Å²) < 4.78 is 1.85. The molecule has 0 spiro atoms. The predicted octanol–water partition coefficient (Wildman–Crippen LogP) is 2.45. The maximum atomic E-state index is 11.9. The van der Waals surface area contributed by atoms with Crippen LogP contribution in [0.3, 0.4) is 0 Å². The third-order valence-corrected chi connectivity index (χ3v) is 3.89. The van der Waals surface area contributed by atoms with Crippen molar-refractivity contribution in [2.24, 2.45) is 0 Å². The molecule has 19 heavy (non-hydrogen) atoms. The van der Waals surface area contributed by atoms with Gasteiger partial charge in [0.15, 0.2) is 0 Å². The standard InChI is InChI=1S/C14H13N3OS/c1-16-13(11-6-3-2-4-7-11)17(15-14(16)18)10-12-8-5-9-19-12/h2-10,13H,1H3/p+1/b17-10-. The van der Waals surface area contributed by atoms with Crippen LogP contribution in [0.4, 0.5) is 4.79 Å². The van der Waals surface area contributed by atoms with Gasteiger partial charge >= 0.3 is 6.03 Å². The second-order valence-electron chi connectivity index (χ2n) is 4.36. The number of hydrazone groups is 1. The van der Waals surface area contributed by atoms with Gasteiger partial charge in [-0.3, -0.25) is 4.90 Å². The molecule has 0 aliphatic carbocycles. The van der Waals surface area contributed by atoms with Crippen molar-refractivity contribution in [2.75, 3.05) is 7.05 Å². The Kier molecular flexibility index (Phi) is 3.05. The van der Waals surface area contributed by atoms with Crippen LogP contribution < -0.4 is 5.43 Å². The number of nitrogens with zero attached hydrogens (tertiary/aromatic N) is 2. The molecule has 1 aliphatic rings. The molecule has 1 aliphatic heterocycles. The Hall–Kier alpha value is -2.14. The maximum absolute atomic E-state index is 11.9. The first-order valence-electron chi connectivity index (χ1n) is 6.01. The van der Waals surface area contributed by atoms with Crippen molar-refractivity contribution in [1.29, 1.82) is 0 Å². The van der Waals surface area contributed by atoms with Gasteiger partial charge in [-0.25, -0.2) is 4.79 Å². The Morgan fingerprint density at radius 3 is 2.74 bits per heavy atom. The molecule has 1 atom stereocenters. The van der Waals surface area contributed by atoms with Gasteiger partial charge in [0.05, 0.1) is 4.88 Å². The maximum Gasteiger partial charge on any atom is 0.375 e. The first-order chi connectivity index (χ1) is 9.25. The first kappa shape index (κ1) is 11.9. The summed E-state index contributed by atoms with van der Waals surface area (Å²) in [6.07, 6.45) is 1.85. The zero-order valence-electron chi connectivity index (χ0n) is 10.5. The molecule has 1 aromatic heterocycles. The van der Waals surface area contributed by atoms with Gasteiger partial charge in [-0.05, 0) is 11.4 Å². The number of benzene rings is 1. The highest BCUT2D eigenvalue weighted by atomic mass is 32.1. The van der Waals surface area contributed by atoms with Crippen molar-refractivity contribution < 1.29 is 9.48 Å². The molecule has 96 valence electrons. The van der Waals surface area contributed by atoms with Crippen LogP contribution in [0, 0.1) is 0 Å². The number of amides is 2. The molecule has 4 nitrogen and oxygen atoms in total. The highest BCUT2D eigenvalue weighted by Gasteiger charge is 2.40. The van der Waals surface area contributed by atoms with Crippen molar-refractivity contribution in [3.8, 4) is 0 Å². The van der Waals surface area contributed by atoms with Crippen molar-refractivity contribution >= 4 is 23.6 Å². The van der Waals surface area contributed by atoms with Crippen molar-refractivity contribution in [1.82, 2.24) is 10.3 Å². The van der Waals surface area contributed by atoms with Crippen LogP contribution in [-0.2, 0) is 0 Å². The predicted molar refractivity (Wildman–Crippen MR) is 75.2 cm³/mol.